The van der Waals surface area contributed by atoms with Gasteiger partial charge in [-0.05, 0) is 65.8 Å². The Morgan fingerprint density at radius 1 is 0.839 bits per heavy atom. The molecule has 3 aromatic rings. The first-order valence-electron chi connectivity index (χ1n) is 10.4. The van der Waals surface area contributed by atoms with Crippen molar-refractivity contribution in [2.24, 2.45) is 5.92 Å². The predicted molar refractivity (Wildman–Crippen MR) is 124 cm³/mol. The van der Waals surface area contributed by atoms with Crippen molar-refractivity contribution < 1.29 is 19.7 Å². The summed E-state index contributed by atoms with van der Waals surface area (Å²) in [5.41, 5.74) is 3.73. The minimum atomic E-state index is -0.425. The first kappa shape index (κ1) is 22.2. The predicted octanol–water partition coefficient (Wildman–Crippen LogP) is 6.18. The maximum atomic E-state index is 12.7. The first-order valence-corrected chi connectivity index (χ1v) is 10.4. The van der Waals surface area contributed by atoms with Crippen molar-refractivity contribution in [1.82, 2.24) is 0 Å². The van der Waals surface area contributed by atoms with Crippen molar-refractivity contribution in [3.05, 3.63) is 89.0 Å². The molecule has 0 amide bonds. The Kier molecular flexibility index (Phi) is 7.14. The van der Waals surface area contributed by atoms with Gasteiger partial charge in [-0.15, -0.1) is 0 Å². The Labute approximate surface area is 183 Å². The number of carbonyl (C=O) groups excluding carboxylic acids is 1. The number of phenols is 2. The second-order valence-electron chi connectivity index (χ2n) is 8.17. The molecule has 0 aliphatic carbocycles. The fourth-order valence-corrected chi connectivity index (χ4v) is 3.29. The summed E-state index contributed by atoms with van der Waals surface area (Å²) in [5, 5.41) is 19.4. The molecule has 0 heterocycles. The van der Waals surface area contributed by atoms with Gasteiger partial charge in [-0.1, -0.05) is 62.4 Å². The zero-order valence-electron chi connectivity index (χ0n) is 18.1. The minimum absolute atomic E-state index is 0.0151. The summed E-state index contributed by atoms with van der Waals surface area (Å²) >= 11 is 0. The Hall–Kier alpha value is -3.53. The number of carbonyl (C=O) groups is 1. The summed E-state index contributed by atoms with van der Waals surface area (Å²) in [5.74, 6) is 0.283. The number of ether oxygens (including phenoxy) is 1. The molecule has 3 aromatic carbocycles. The van der Waals surface area contributed by atoms with Crippen molar-refractivity contribution in [1.29, 1.82) is 0 Å². The Morgan fingerprint density at radius 2 is 1.48 bits per heavy atom. The molecule has 2 N–H and O–H groups in total. The van der Waals surface area contributed by atoms with Gasteiger partial charge in [0.1, 0.15) is 17.2 Å². The number of esters is 1. The SMILES string of the molecule is CC(C)Cc1ccc([C@H](C)C(=O)Oc2cc(O)cc(/C=C/c3ccc(O)cc3)c2)cc1. The molecule has 1 atom stereocenters. The number of hydrogen-bond acceptors (Lipinski definition) is 4. The molecule has 0 aromatic heterocycles. The second-order valence-corrected chi connectivity index (χ2v) is 8.17. The Balaban J connectivity index is 1.69. The standard InChI is InChI=1S/C27H28O4/c1-18(2)14-21-6-10-23(11-7-21)19(3)27(30)31-26-16-22(15-25(29)17-26)5-4-20-8-12-24(28)13-9-20/h4-13,15-19,28-29H,14H2,1-3H3/b5-4+/t19-/m0/s1. The molecule has 0 aliphatic heterocycles. The number of rotatable bonds is 7. The van der Waals surface area contributed by atoms with Gasteiger partial charge in [0.15, 0.2) is 0 Å². The molecule has 0 saturated carbocycles. The van der Waals surface area contributed by atoms with E-state index >= 15 is 0 Å². The molecule has 0 fully saturated rings. The van der Waals surface area contributed by atoms with Crippen LogP contribution in [0.15, 0.2) is 66.7 Å². The smallest absolute Gasteiger partial charge is 0.318 e. The van der Waals surface area contributed by atoms with E-state index in [2.05, 4.69) is 26.0 Å². The van der Waals surface area contributed by atoms with Gasteiger partial charge in [-0.3, -0.25) is 4.79 Å². The summed E-state index contributed by atoms with van der Waals surface area (Å²) in [4.78, 5) is 12.7. The van der Waals surface area contributed by atoms with Gasteiger partial charge in [0.2, 0.25) is 0 Å². The Bertz CT molecular complexity index is 1050. The lowest BCUT2D eigenvalue weighted by Gasteiger charge is -2.13. The quantitative estimate of drug-likeness (QED) is 0.274. The van der Waals surface area contributed by atoms with Gasteiger partial charge in [0.05, 0.1) is 5.92 Å². The molecule has 31 heavy (non-hydrogen) atoms. The van der Waals surface area contributed by atoms with Crippen molar-refractivity contribution in [2.75, 3.05) is 0 Å². The monoisotopic (exact) mass is 416 g/mol. The zero-order chi connectivity index (χ0) is 22.4. The van der Waals surface area contributed by atoms with Crippen molar-refractivity contribution in [3.8, 4) is 17.2 Å². The highest BCUT2D eigenvalue weighted by molar-refractivity contribution is 5.80. The van der Waals surface area contributed by atoms with E-state index in [-0.39, 0.29) is 17.5 Å². The van der Waals surface area contributed by atoms with Crippen LogP contribution in [0.5, 0.6) is 17.2 Å². The summed E-state index contributed by atoms with van der Waals surface area (Å²) < 4.78 is 5.55. The van der Waals surface area contributed by atoms with E-state index in [9.17, 15) is 15.0 Å². The van der Waals surface area contributed by atoms with E-state index in [0.29, 0.717) is 17.2 Å². The lowest BCUT2D eigenvalue weighted by atomic mass is 9.97. The highest BCUT2D eigenvalue weighted by Crippen LogP contribution is 2.26. The average molecular weight is 417 g/mol. The van der Waals surface area contributed by atoms with E-state index in [4.69, 9.17) is 4.74 Å². The topological polar surface area (TPSA) is 66.8 Å². The van der Waals surface area contributed by atoms with Gasteiger partial charge < -0.3 is 14.9 Å². The minimum Gasteiger partial charge on any atom is -0.508 e. The molecule has 0 saturated heterocycles. The molecule has 0 aliphatic rings. The summed E-state index contributed by atoms with van der Waals surface area (Å²) in [6.07, 6.45) is 4.66. The maximum Gasteiger partial charge on any atom is 0.318 e. The molecule has 160 valence electrons. The molecule has 0 spiro atoms. The third-order valence-electron chi connectivity index (χ3n) is 4.97. The largest absolute Gasteiger partial charge is 0.508 e. The fraction of sp³-hybridized carbons (Fsp3) is 0.222. The van der Waals surface area contributed by atoms with E-state index in [1.54, 1.807) is 42.5 Å². The zero-order valence-corrected chi connectivity index (χ0v) is 18.1. The highest BCUT2D eigenvalue weighted by atomic mass is 16.5. The maximum absolute atomic E-state index is 12.7. The van der Waals surface area contributed by atoms with Crippen LogP contribution in [0, 0.1) is 5.92 Å². The van der Waals surface area contributed by atoms with Crippen LogP contribution < -0.4 is 4.74 Å². The lowest BCUT2D eigenvalue weighted by molar-refractivity contribution is -0.135. The summed E-state index contributed by atoms with van der Waals surface area (Å²) in [6.45, 7) is 6.17. The van der Waals surface area contributed by atoms with Crippen molar-refractivity contribution in [3.63, 3.8) is 0 Å². The summed E-state index contributed by atoms with van der Waals surface area (Å²) in [6, 6.07) is 19.5. The second kappa shape index (κ2) is 9.98. The molecular formula is C27H28O4. The van der Waals surface area contributed by atoms with Gasteiger partial charge in [-0.25, -0.2) is 0 Å². The molecule has 0 radical (unpaired) electrons. The number of hydrogen-bond donors (Lipinski definition) is 2. The molecule has 4 heteroatoms. The van der Waals surface area contributed by atoms with Crippen LogP contribution in [0.25, 0.3) is 12.2 Å². The van der Waals surface area contributed by atoms with Crippen LogP contribution in [0.4, 0.5) is 0 Å². The number of phenolic OH excluding ortho intramolecular Hbond substituents is 2. The van der Waals surface area contributed by atoms with Crippen LogP contribution in [0.1, 0.15) is 48.9 Å². The van der Waals surface area contributed by atoms with E-state index < -0.39 is 5.92 Å². The van der Waals surface area contributed by atoms with Crippen LogP contribution in [-0.4, -0.2) is 16.2 Å². The van der Waals surface area contributed by atoms with Crippen molar-refractivity contribution in [2.45, 2.75) is 33.1 Å². The van der Waals surface area contributed by atoms with Gasteiger partial charge >= 0.3 is 5.97 Å². The normalized spacial score (nSPS) is 12.3. The summed E-state index contributed by atoms with van der Waals surface area (Å²) in [7, 11) is 0. The first-order chi connectivity index (χ1) is 14.8. The van der Waals surface area contributed by atoms with E-state index in [0.717, 1.165) is 17.5 Å². The van der Waals surface area contributed by atoms with Crippen LogP contribution in [0.2, 0.25) is 0 Å². The van der Waals surface area contributed by atoms with E-state index in [1.807, 2.05) is 25.1 Å². The molecule has 0 unspecified atom stereocenters. The molecule has 0 bridgehead atoms. The number of benzene rings is 3. The van der Waals surface area contributed by atoms with Crippen molar-refractivity contribution >= 4 is 18.1 Å². The molecular weight excluding hydrogens is 388 g/mol. The lowest BCUT2D eigenvalue weighted by Crippen LogP contribution is -2.16. The van der Waals surface area contributed by atoms with Gasteiger partial charge in [0, 0.05) is 6.07 Å². The fourth-order valence-electron chi connectivity index (χ4n) is 3.29. The molecule has 4 nitrogen and oxygen atoms in total. The third kappa shape index (κ3) is 6.48. The van der Waals surface area contributed by atoms with Crippen LogP contribution in [-0.2, 0) is 11.2 Å². The average Bonchev–Trinajstić information content (AvgIpc) is 2.72. The number of aromatic hydroxyl groups is 2. The Morgan fingerprint density at radius 3 is 2.13 bits per heavy atom. The third-order valence-corrected chi connectivity index (χ3v) is 4.97. The van der Waals surface area contributed by atoms with Gasteiger partial charge in [0.25, 0.3) is 0 Å². The van der Waals surface area contributed by atoms with Crippen LogP contribution in [0.3, 0.4) is 0 Å². The van der Waals surface area contributed by atoms with Gasteiger partial charge in [-0.2, -0.15) is 0 Å². The van der Waals surface area contributed by atoms with Crippen LogP contribution >= 0.6 is 0 Å². The van der Waals surface area contributed by atoms with E-state index in [1.165, 1.54) is 11.6 Å². The highest BCUT2D eigenvalue weighted by Gasteiger charge is 2.18. The molecule has 3 rings (SSSR count).